The molecule has 0 spiro atoms. The Morgan fingerprint density at radius 3 is 2.31 bits per heavy atom. The number of hydrogen-bond acceptors (Lipinski definition) is 8. The number of aromatic nitrogens is 1. The maximum atomic E-state index is 13.9. The molecular formula is C38H45F6N3O7S. The molecule has 17 heteroatoms. The Balaban J connectivity index is 0.000000583. The Kier molecular flexibility index (Phi) is 15.0. The van der Waals surface area contributed by atoms with Crippen LogP contribution in [0.3, 0.4) is 0 Å². The summed E-state index contributed by atoms with van der Waals surface area (Å²) in [7, 11) is 0. The van der Waals surface area contributed by atoms with Gasteiger partial charge in [-0.3, -0.25) is 19.4 Å². The number of hydrogen-bond donors (Lipinski definition) is 3. The van der Waals surface area contributed by atoms with Gasteiger partial charge in [-0.15, -0.1) is 11.3 Å². The van der Waals surface area contributed by atoms with E-state index in [9.17, 15) is 45.8 Å². The fourth-order valence-electron chi connectivity index (χ4n) is 7.01. The van der Waals surface area contributed by atoms with Crippen molar-refractivity contribution in [2.75, 3.05) is 26.2 Å². The molecule has 3 N–H and O–H groups in total. The number of ether oxygens (including phenoxy) is 1. The van der Waals surface area contributed by atoms with Crippen LogP contribution in [0.1, 0.15) is 97.5 Å². The van der Waals surface area contributed by atoms with E-state index in [1.807, 2.05) is 25.1 Å². The second-order valence-electron chi connectivity index (χ2n) is 13.6. The molecule has 0 bridgehead atoms. The van der Waals surface area contributed by atoms with Gasteiger partial charge in [-0.25, -0.2) is 0 Å². The van der Waals surface area contributed by atoms with Crippen LogP contribution in [-0.2, 0) is 27.5 Å². The van der Waals surface area contributed by atoms with Crippen LogP contribution < -0.4 is 4.74 Å². The number of aromatic hydroxyl groups is 1. The van der Waals surface area contributed by atoms with Crippen LogP contribution in [0.2, 0.25) is 0 Å². The molecule has 2 aromatic heterocycles. The number of aliphatic carboxylic acids is 1. The Morgan fingerprint density at radius 2 is 1.71 bits per heavy atom. The van der Waals surface area contributed by atoms with Crippen LogP contribution in [0.4, 0.5) is 26.3 Å². The third-order valence-electron chi connectivity index (χ3n) is 9.75. The third kappa shape index (κ3) is 11.6. The van der Waals surface area contributed by atoms with E-state index in [0.29, 0.717) is 80.3 Å². The smallest absolute Gasteiger partial charge is 0.425 e. The molecule has 5 rings (SSSR count). The maximum absolute atomic E-state index is 13.9. The highest BCUT2D eigenvalue weighted by Crippen LogP contribution is 2.40. The number of thiophene rings is 1. The van der Waals surface area contributed by atoms with Crippen molar-refractivity contribution in [2.45, 2.75) is 95.1 Å². The molecule has 2 saturated heterocycles. The zero-order chi connectivity index (χ0) is 40.4. The molecule has 2 atom stereocenters. The van der Waals surface area contributed by atoms with Gasteiger partial charge in [-0.1, -0.05) is 31.5 Å². The van der Waals surface area contributed by atoms with Crippen molar-refractivity contribution in [1.82, 2.24) is 14.8 Å². The molecule has 2 fully saturated rings. The first-order chi connectivity index (χ1) is 26.0. The highest BCUT2D eigenvalue weighted by Gasteiger charge is 2.44. The van der Waals surface area contributed by atoms with E-state index < -0.39 is 57.8 Å². The van der Waals surface area contributed by atoms with E-state index in [0.717, 1.165) is 23.8 Å². The SMILES string of the molecule is CCCC1C(C(=O)N2CCC(O)(c3ccccc3OCCCCCC(=O)O)CC2)CCCN1C(=O)c1cnccc1C(F)(F)F.Oc1csc(C(F)(F)F)c1. The molecule has 1 aromatic carbocycles. The van der Waals surface area contributed by atoms with Crippen LogP contribution in [0.5, 0.6) is 11.5 Å². The Bertz CT molecular complexity index is 1740. The minimum Gasteiger partial charge on any atom is -0.507 e. The van der Waals surface area contributed by atoms with Gasteiger partial charge >= 0.3 is 18.3 Å². The minimum absolute atomic E-state index is 0.115. The van der Waals surface area contributed by atoms with Gasteiger partial charge in [0.2, 0.25) is 5.91 Å². The van der Waals surface area contributed by atoms with Gasteiger partial charge in [0.25, 0.3) is 5.91 Å². The number of amides is 2. The first kappa shape index (κ1) is 43.3. The number of nitrogens with zero attached hydrogens (tertiary/aromatic N) is 3. The Labute approximate surface area is 318 Å². The van der Waals surface area contributed by atoms with Crippen LogP contribution >= 0.6 is 11.3 Å². The quantitative estimate of drug-likeness (QED) is 0.123. The Hall–Kier alpha value is -4.38. The van der Waals surface area contributed by atoms with E-state index >= 15 is 0 Å². The number of likely N-dealkylation sites (tertiary alicyclic amines) is 2. The normalized spacial score (nSPS) is 18.6. The fraction of sp³-hybridized carbons (Fsp3) is 0.526. The third-order valence-corrected chi connectivity index (χ3v) is 10.7. The number of rotatable bonds is 12. The van der Waals surface area contributed by atoms with Crippen molar-refractivity contribution >= 4 is 29.1 Å². The predicted molar refractivity (Wildman–Crippen MR) is 190 cm³/mol. The number of halogens is 6. The van der Waals surface area contributed by atoms with Gasteiger partial charge in [0.1, 0.15) is 16.4 Å². The summed E-state index contributed by atoms with van der Waals surface area (Å²) in [6, 6.07) is 8.19. The molecule has 2 unspecified atom stereocenters. The van der Waals surface area contributed by atoms with Crippen molar-refractivity contribution in [2.24, 2.45) is 5.92 Å². The standard InChI is InChI=1S/C33H42F3N3O6.C5H3F3OS/c1-2-9-27-23(10-8-18-39(27)31(43)24-22-37-17-14-25(24)33(34,35)36)30(42)38-19-15-32(44,16-20-38)26-11-5-6-12-28(26)45-21-7-3-4-13-29(40)41;6-5(7,8)4-1-3(9)2-10-4/h5-6,11-12,14,17,22-23,27,44H,2-4,7-10,13,15-16,18-21H2,1H3,(H,40,41);1-2,9H. The molecule has 55 heavy (non-hydrogen) atoms. The minimum atomic E-state index is -4.71. The van der Waals surface area contributed by atoms with Gasteiger partial charge in [0, 0.05) is 61.5 Å². The highest BCUT2D eigenvalue weighted by atomic mass is 32.1. The van der Waals surface area contributed by atoms with Crippen molar-refractivity contribution in [3.8, 4) is 11.5 Å². The molecule has 4 heterocycles. The molecule has 0 radical (unpaired) electrons. The first-order valence-corrected chi connectivity index (χ1v) is 19.0. The lowest BCUT2D eigenvalue weighted by Crippen LogP contribution is -2.55. The molecule has 10 nitrogen and oxygen atoms in total. The summed E-state index contributed by atoms with van der Waals surface area (Å²) in [4.78, 5) is 44.3. The molecule has 0 saturated carbocycles. The lowest BCUT2D eigenvalue weighted by atomic mass is 9.81. The summed E-state index contributed by atoms with van der Waals surface area (Å²) in [5, 5.41) is 30.0. The van der Waals surface area contributed by atoms with Crippen molar-refractivity contribution < 1.29 is 60.8 Å². The predicted octanol–water partition coefficient (Wildman–Crippen LogP) is 8.13. The maximum Gasteiger partial charge on any atom is 0.425 e. The molecule has 2 aliphatic heterocycles. The van der Waals surface area contributed by atoms with Crippen LogP contribution in [-0.4, -0.2) is 80.2 Å². The summed E-state index contributed by atoms with van der Waals surface area (Å²) in [6.45, 7) is 3.12. The number of pyridine rings is 1. The van der Waals surface area contributed by atoms with E-state index in [2.05, 4.69) is 4.98 Å². The number of unbranched alkanes of at least 4 members (excludes halogenated alkanes) is 2. The first-order valence-electron chi connectivity index (χ1n) is 18.1. The van der Waals surface area contributed by atoms with E-state index in [-0.39, 0.29) is 50.6 Å². The number of benzene rings is 1. The number of piperidine rings is 2. The molecular weight excluding hydrogens is 756 g/mol. The van der Waals surface area contributed by atoms with E-state index in [1.165, 1.54) is 4.90 Å². The number of carbonyl (C=O) groups is 3. The monoisotopic (exact) mass is 801 g/mol. The van der Waals surface area contributed by atoms with Gasteiger partial charge in [-0.2, -0.15) is 26.3 Å². The number of alkyl halides is 6. The summed E-state index contributed by atoms with van der Waals surface area (Å²) in [6.07, 6.45) is -2.32. The van der Waals surface area contributed by atoms with Crippen LogP contribution in [0.15, 0.2) is 54.2 Å². The summed E-state index contributed by atoms with van der Waals surface area (Å²) < 4.78 is 82.2. The summed E-state index contributed by atoms with van der Waals surface area (Å²) in [5.41, 5.74) is -2.13. The van der Waals surface area contributed by atoms with Crippen molar-refractivity contribution in [3.63, 3.8) is 0 Å². The second kappa shape index (κ2) is 19.0. The van der Waals surface area contributed by atoms with Gasteiger partial charge in [0.05, 0.1) is 29.3 Å². The summed E-state index contributed by atoms with van der Waals surface area (Å²) in [5.74, 6) is -2.09. The topological polar surface area (TPSA) is 140 Å². The largest absolute Gasteiger partial charge is 0.507 e. The molecule has 2 amide bonds. The highest BCUT2D eigenvalue weighted by molar-refractivity contribution is 7.10. The average Bonchev–Trinajstić information content (AvgIpc) is 3.60. The number of carbonyl (C=O) groups excluding carboxylic acids is 2. The number of para-hydroxylation sites is 1. The zero-order valence-corrected chi connectivity index (χ0v) is 31.1. The summed E-state index contributed by atoms with van der Waals surface area (Å²) >= 11 is 0.481. The van der Waals surface area contributed by atoms with Crippen LogP contribution in [0, 0.1) is 5.92 Å². The Morgan fingerprint density at radius 1 is 1.00 bits per heavy atom. The van der Waals surface area contributed by atoms with Gasteiger partial charge in [0.15, 0.2) is 0 Å². The number of carboxylic acids is 1. The molecule has 0 aliphatic carbocycles. The van der Waals surface area contributed by atoms with Gasteiger partial charge < -0.3 is 29.9 Å². The number of carboxylic acid groups (broad SMARTS) is 1. The zero-order valence-electron chi connectivity index (χ0n) is 30.2. The fourth-order valence-corrected chi connectivity index (χ4v) is 7.64. The molecule has 3 aromatic rings. The van der Waals surface area contributed by atoms with E-state index in [4.69, 9.17) is 14.9 Å². The van der Waals surface area contributed by atoms with E-state index in [1.54, 1.807) is 11.0 Å². The lowest BCUT2D eigenvalue weighted by Gasteiger charge is -2.45. The van der Waals surface area contributed by atoms with Crippen molar-refractivity contribution in [3.05, 3.63) is 75.7 Å². The molecule has 2 aliphatic rings. The number of aliphatic hydroxyl groups is 1. The van der Waals surface area contributed by atoms with Gasteiger partial charge in [-0.05, 0) is 63.5 Å². The second-order valence-corrected chi connectivity index (χ2v) is 14.5. The van der Waals surface area contributed by atoms with Crippen LogP contribution in [0.25, 0.3) is 0 Å². The van der Waals surface area contributed by atoms with Crippen molar-refractivity contribution in [1.29, 1.82) is 0 Å². The average molecular weight is 802 g/mol. The molecule has 302 valence electrons. The lowest BCUT2D eigenvalue weighted by molar-refractivity contribution is -0.144.